The van der Waals surface area contributed by atoms with Crippen LogP contribution >= 0.6 is 11.6 Å². The van der Waals surface area contributed by atoms with Gasteiger partial charge in [0.05, 0.1) is 6.20 Å². The molecule has 0 amide bonds. The third-order valence-corrected chi connectivity index (χ3v) is 3.73. The van der Waals surface area contributed by atoms with E-state index in [0.717, 1.165) is 37.7 Å². The van der Waals surface area contributed by atoms with Gasteiger partial charge in [0.15, 0.2) is 5.82 Å². The number of aromatic nitrogens is 3. The average Bonchev–Trinajstić information content (AvgIpc) is 2.51. The normalized spacial score (nSPS) is 16.0. The van der Waals surface area contributed by atoms with Crippen LogP contribution < -0.4 is 10.2 Å². The Morgan fingerprint density at radius 1 is 1.10 bits per heavy atom. The molecule has 21 heavy (non-hydrogen) atoms. The van der Waals surface area contributed by atoms with E-state index >= 15 is 0 Å². The van der Waals surface area contributed by atoms with Crippen LogP contribution in [0, 0.1) is 0 Å². The number of hydrogen-bond acceptors (Lipinski definition) is 6. The first-order valence-electron chi connectivity index (χ1n) is 6.86. The van der Waals surface area contributed by atoms with E-state index in [9.17, 15) is 0 Å². The number of nitrogens with zero attached hydrogens (tertiary/aromatic N) is 5. The first-order chi connectivity index (χ1) is 10.2. The van der Waals surface area contributed by atoms with Crippen molar-refractivity contribution in [1.29, 1.82) is 0 Å². The molecular formula is C14H17ClN6. The summed E-state index contributed by atoms with van der Waals surface area (Å²) in [5.74, 6) is 1.35. The molecule has 1 aromatic heterocycles. The van der Waals surface area contributed by atoms with E-state index in [0.29, 0.717) is 11.0 Å². The maximum Gasteiger partial charge on any atom is 0.249 e. The second-order valence-corrected chi connectivity index (χ2v) is 5.50. The van der Waals surface area contributed by atoms with E-state index in [-0.39, 0.29) is 0 Å². The minimum absolute atomic E-state index is 0.494. The second-order valence-electron chi connectivity index (χ2n) is 5.06. The maximum atomic E-state index is 5.87. The summed E-state index contributed by atoms with van der Waals surface area (Å²) in [4.78, 5) is 9.06. The van der Waals surface area contributed by atoms with E-state index < -0.39 is 0 Å². The molecule has 7 heteroatoms. The lowest BCUT2D eigenvalue weighted by atomic mass is 10.3. The van der Waals surface area contributed by atoms with Crippen molar-refractivity contribution in [3.05, 3.63) is 35.5 Å². The lowest BCUT2D eigenvalue weighted by molar-refractivity contribution is 0.312. The molecule has 110 valence electrons. The van der Waals surface area contributed by atoms with E-state index in [2.05, 4.69) is 37.3 Å². The zero-order valence-corrected chi connectivity index (χ0v) is 12.6. The highest BCUT2D eigenvalue weighted by Crippen LogP contribution is 2.18. The van der Waals surface area contributed by atoms with Crippen LogP contribution in [0.1, 0.15) is 0 Å². The van der Waals surface area contributed by atoms with E-state index in [1.165, 1.54) is 0 Å². The molecule has 0 spiro atoms. The minimum Gasteiger partial charge on any atom is -0.353 e. The number of halogens is 1. The van der Waals surface area contributed by atoms with Gasteiger partial charge in [0.1, 0.15) is 0 Å². The van der Waals surface area contributed by atoms with Crippen molar-refractivity contribution in [3.63, 3.8) is 0 Å². The number of piperazine rings is 1. The third kappa shape index (κ3) is 3.59. The van der Waals surface area contributed by atoms with Gasteiger partial charge in [0.25, 0.3) is 0 Å². The molecule has 1 N–H and O–H groups in total. The quantitative estimate of drug-likeness (QED) is 0.936. The molecule has 2 heterocycles. The second kappa shape index (κ2) is 6.24. The number of nitrogens with one attached hydrogen (secondary N) is 1. The van der Waals surface area contributed by atoms with Crippen molar-refractivity contribution in [2.24, 2.45) is 0 Å². The van der Waals surface area contributed by atoms with Crippen LogP contribution in [0.25, 0.3) is 0 Å². The summed E-state index contributed by atoms with van der Waals surface area (Å²) in [6.07, 6.45) is 1.71. The van der Waals surface area contributed by atoms with Gasteiger partial charge in [-0.15, -0.1) is 5.10 Å². The molecule has 0 radical (unpaired) electrons. The summed E-state index contributed by atoms with van der Waals surface area (Å²) in [6.45, 7) is 3.97. The summed E-state index contributed by atoms with van der Waals surface area (Å²) >= 11 is 5.87. The highest BCUT2D eigenvalue weighted by atomic mass is 35.5. The lowest BCUT2D eigenvalue weighted by Gasteiger charge is -2.32. The number of hydrogen-bond donors (Lipinski definition) is 1. The molecule has 1 fully saturated rings. The Labute approximate surface area is 128 Å². The van der Waals surface area contributed by atoms with Gasteiger partial charge in [0.2, 0.25) is 5.95 Å². The number of rotatable bonds is 3. The largest absolute Gasteiger partial charge is 0.353 e. The van der Waals surface area contributed by atoms with Crippen molar-refractivity contribution in [2.75, 3.05) is 43.4 Å². The lowest BCUT2D eigenvalue weighted by Crippen LogP contribution is -2.44. The van der Waals surface area contributed by atoms with Crippen molar-refractivity contribution < 1.29 is 0 Å². The third-order valence-electron chi connectivity index (χ3n) is 3.47. The van der Waals surface area contributed by atoms with Gasteiger partial charge in [0, 0.05) is 36.9 Å². The minimum atomic E-state index is 0.494. The standard InChI is InChI=1S/C14H17ClN6/c1-20-6-8-21(9-7-20)13-10-16-19-14(18-13)17-12-4-2-11(15)3-5-12/h2-5,10H,6-9H2,1H3,(H,17,18,19). The van der Waals surface area contributed by atoms with E-state index in [1.807, 2.05) is 24.3 Å². The fourth-order valence-electron chi connectivity index (χ4n) is 2.20. The van der Waals surface area contributed by atoms with Crippen LogP contribution in [0.3, 0.4) is 0 Å². The summed E-state index contributed by atoms with van der Waals surface area (Å²) in [5.41, 5.74) is 0.886. The van der Waals surface area contributed by atoms with Crippen molar-refractivity contribution in [3.8, 4) is 0 Å². The topological polar surface area (TPSA) is 57.2 Å². The average molecular weight is 305 g/mol. The highest BCUT2D eigenvalue weighted by molar-refractivity contribution is 6.30. The molecule has 0 unspecified atom stereocenters. The zero-order chi connectivity index (χ0) is 14.7. The van der Waals surface area contributed by atoms with Gasteiger partial charge in [-0.3, -0.25) is 0 Å². The Morgan fingerprint density at radius 3 is 2.52 bits per heavy atom. The Morgan fingerprint density at radius 2 is 1.81 bits per heavy atom. The number of likely N-dealkylation sites (N-methyl/N-ethyl adjacent to an activating group) is 1. The van der Waals surface area contributed by atoms with Crippen molar-refractivity contribution in [2.45, 2.75) is 0 Å². The fourth-order valence-corrected chi connectivity index (χ4v) is 2.32. The maximum absolute atomic E-state index is 5.87. The first-order valence-corrected chi connectivity index (χ1v) is 7.24. The smallest absolute Gasteiger partial charge is 0.249 e. The summed E-state index contributed by atoms with van der Waals surface area (Å²) in [6, 6.07) is 7.41. The molecule has 1 saturated heterocycles. The van der Waals surface area contributed by atoms with E-state index in [4.69, 9.17) is 11.6 Å². The van der Waals surface area contributed by atoms with Gasteiger partial charge in [-0.25, -0.2) is 0 Å². The Balaban J connectivity index is 1.72. The molecular weight excluding hydrogens is 288 g/mol. The predicted octanol–water partition coefficient (Wildman–Crippen LogP) is 2.02. The Bertz CT molecular complexity index is 595. The number of anilines is 3. The Hall–Kier alpha value is -1.92. The van der Waals surface area contributed by atoms with Gasteiger partial charge >= 0.3 is 0 Å². The van der Waals surface area contributed by atoms with Gasteiger partial charge < -0.3 is 15.1 Å². The SMILES string of the molecule is CN1CCN(c2cnnc(Nc3ccc(Cl)cc3)n2)CC1. The number of benzene rings is 1. The molecule has 0 atom stereocenters. The molecule has 0 aliphatic carbocycles. The van der Waals surface area contributed by atoms with Crippen LogP contribution in [0.5, 0.6) is 0 Å². The molecule has 1 aromatic carbocycles. The summed E-state index contributed by atoms with van der Waals surface area (Å²) < 4.78 is 0. The van der Waals surface area contributed by atoms with Crippen LogP contribution in [-0.4, -0.2) is 53.3 Å². The van der Waals surface area contributed by atoms with Crippen LogP contribution in [0.15, 0.2) is 30.5 Å². The molecule has 3 rings (SSSR count). The Kier molecular flexibility index (Phi) is 4.17. The highest BCUT2D eigenvalue weighted by Gasteiger charge is 2.16. The monoisotopic (exact) mass is 304 g/mol. The first kappa shape index (κ1) is 14.0. The molecule has 0 bridgehead atoms. The van der Waals surface area contributed by atoms with Crippen molar-refractivity contribution >= 4 is 29.1 Å². The van der Waals surface area contributed by atoms with Gasteiger partial charge in [-0.05, 0) is 31.3 Å². The summed E-state index contributed by atoms with van der Waals surface area (Å²) in [7, 11) is 2.13. The molecule has 2 aromatic rings. The van der Waals surface area contributed by atoms with Crippen molar-refractivity contribution in [1.82, 2.24) is 20.1 Å². The predicted molar refractivity (Wildman–Crippen MR) is 84.3 cm³/mol. The van der Waals surface area contributed by atoms with Crippen LogP contribution in [-0.2, 0) is 0 Å². The van der Waals surface area contributed by atoms with Crippen LogP contribution in [0.2, 0.25) is 5.02 Å². The van der Waals surface area contributed by atoms with E-state index in [1.54, 1.807) is 6.20 Å². The molecule has 1 aliphatic rings. The molecule has 0 saturated carbocycles. The van der Waals surface area contributed by atoms with Gasteiger partial charge in [-0.2, -0.15) is 10.1 Å². The van der Waals surface area contributed by atoms with Gasteiger partial charge in [-0.1, -0.05) is 11.6 Å². The van der Waals surface area contributed by atoms with Crippen LogP contribution in [0.4, 0.5) is 17.5 Å². The molecule has 1 aliphatic heterocycles. The molecule has 6 nitrogen and oxygen atoms in total. The zero-order valence-electron chi connectivity index (χ0n) is 11.8. The summed E-state index contributed by atoms with van der Waals surface area (Å²) in [5, 5.41) is 11.9. The fraction of sp³-hybridized carbons (Fsp3) is 0.357.